The molecule has 0 atom stereocenters. The van der Waals surface area contributed by atoms with E-state index < -0.39 is 0 Å². The Morgan fingerprint density at radius 2 is 2.05 bits per heavy atom. The normalized spacial score (nSPS) is 13.7. The molecule has 2 heterocycles. The number of carbonyl (C=O) groups excluding carboxylic acids is 1. The largest absolute Gasteiger partial charge is 0.353 e. The number of fused-ring (bicyclic) bond motifs is 1. The Balaban J connectivity index is 1.82. The molecule has 0 saturated carbocycles. The SMILES string of the molecule is CCN1CCN(C(=O)Nc2ccc(Cl)cc2)c2cccnc21. The van der Waals surface area contributed by atoms with Gasteiger partial charge in [0, 0.05) is 36.5 Å². The number of benzene rings is 1. The molecule has 0 spiro atoms. The van der Waals surface area contributed by atoms with E-state index in [0.29, 0.717) is 11.6 Å². The van der Waals surface area contributed by atoms with Crippen LogP contribution in [0.25, 0.3) is 0 Å². The van der Waals surface area contributed by atoms with Gasteiger partial charge < -0.3 is 10.2 Å². The average Bonchev–Trinajstić information content (AvgIpc) is 2.56. The summed E-state index contributed by atoms with van der Waals surface area (Å²) in [5.74, 6) is 0.850. The molecule has 1 aliphatic rings. The van der Waals surface area contributed by atoms with Gasteiger partial charge in [0.25, 0.3) is 0 Å². The van der Waals surface area contributed by atoms with Gasteiger partial charge in [-0.25, -0.2) is 9.78 Å². The summed E-state index contributed by atoms with van der Waals surface area (Å²) in [5, 5.41) is 3.54. The van der Waals surface area contributed by atoms with Gasteiger partial charge >= 0.3 is 6.03 Å². The van der Waals surface area contributed by atoms with Crippen LogP contribution in [-0.4, -0.2) is 30.6 Å². The van der Waals surface area contributed by atoms with E-state index in [1.54, 1.807) is 35.4 Å². The topological polar surface area (TPSA) is 48.5 Å². The van der Waals surface area contributed by atoms with Crippen LogP contribution >= 0.6 is 11.6 Å². The molecular weight excluding hydrogens is 300 g/mol. The number of aromatic nitrogens is 1. The number of rotatable bonds is 2. The van der Waals surface area contributed by atoms with Crippen molar-refractivity contribution in [1.29, 1.82) is 0 Å². The van der Waals surface area contributed by atoms with E-state index in [1.807, 2.05) is 12.1 Å². The van der Waals surface area contributed by atoms with Gasteiger partial charge in [-0.05, 0) is 43.3 Å². The minimum absolute atomic E-state index is 0.160. The number of anilines is 3. The van der Waals surface area contributed by atoms with Gasteiger partial charge in [-0.1, -0.05) is 11.6 Å². The second kappa shape index (κ2) is 6.23. The minimum Gasteiger partial charge on any atom is -0.353 e. The molecule has 3 rings (SSSR count). The van der Waals surface area contributed by atoms with Crippen molar-refractivity contribution in [3.8, 4) is 0 Å². The van der Waals surface area contributed by atoms with E-state index in [0.717, 1.165) is 30.3 Å². The predicted octanol–water partition coefficient (Wildman–Crippen LogP) is 3.61. The Bertz CT molecular complexity index is 674. The van der Waals surface area contributed by atoms with Crippen LogP contribution in [-0.2, 0) is 0 Å². The van der Waals surface area contributed by atoms with E-state index in [-0.39, 0.29) is 6.03 Å². The number of amides is 2. The van der Waals surface area contributed by atoms with Gasteiger partial charge in [0.15, 0.2) is 5.82 Å². The third kappa shape index (κ3) is 2.85. The summed E-state index contributed by atoms with van der Waals surface area (Å²) in [6.07, 6.45) is 1.75. The summed E-state index contributed by atoms with van der Waals surface area (Å²) in [7, 11) is 0. The highest BCUT2D eigenvalue weighted by molar-refractivity contribution is 6.30. The molecule has 6 heteroatoms. The van der Waals surface area contributed by atoms with Crippen LogP contribution in [0.2, 0.25) is 5.02 Å². The maximum absolute atomic E-state index is 12.5. The molecule has 22 heavy (non-hydrogen) atoms. The molecule has 1 N–H and O–H groups in total. The van der Waals surface area contributed by atoms with Crippen LogP contribution in [0.15, 0.2) is 42.6 Å². The van der Waals surface area contributed by atoms with Gasteiger partial charge in [-0.15, -0.1) is 0 Å². The maximum atomic E-state index is 12.5. The third-order valence-electron chi connectivity index (χ3n) is 3.67. The Morgan fingerprint density at radius 3 is 2.77 bits per heavy atom. The summed E-state index contributed by atoms with van der Waals surface area (Å²) < 4.78 is 0. The molecule has 2 amide bonds. The summed E-state index contributed by atoms with van der Waals surface area (Å²) in [5.41, 5.74) is 1.56. The van der Waals surface area contributed by atoms with Crippen molar-refractivity contribution in [2.24, 2.45) is 0 Å². The highest BCUT2D eigenvalue weighted by Gasteiger charge is 2.26. The van der Waals surface area contributed by atoms with Crippen molar-refractivity contribution < 1.29 is 4.79 Å². The molecule has 0 aliphatic carbocycles. The first-order valence-electron chi connectivity index (χ1n) is 7.23. The number of nitrogens with zero attached hydrogens (tertiary/aromatic N) is 3. The lowest BCUT2D eigenvalue weighted by atomic mass is 10.2. The zero-order valence-corrected chi connectivity index (χ0v) is 13.0. The zero-order valence-electron chi connectivity index (χ0n) is 12.3. The van der Waals surface area contributed by atoms with E-state index >= 15 is 0 Å². The van der Waals surface area contributed by atoms with Gasteiger partial charge in [0.1, 0.15) is 0 Å². The third-order valence-corrected chi connectivity index (χ3v) is 3.92. The fraction of sp³-hybridized carbons (Fsp3) is 0.250. The summed E-state index contributed by atoms with van der Waals surface area (Å²) in [4.78, 5) is 20.8. The molecule has 1 aromatic heterocycles. The van der Waals surface area contributed by atoms with Crippen molar-refractivity contribution in [1.82, 2.24) is 4.98 Å². The van der Waals surface area contributed by atoms with Gasteiger partial charge in [0.05, 0.1) is 5.69 Å². The molecule has 1 aromatic carbocycles. The number of pyridine rings is 1. The number of carbonyl (C=O) groups is 1. The Labute approximate surface area is 134 Å². The standard InChI is InChI=1S/C16H17ClN4O/c1-2-20-10-11-21(14-4-3-9-18-15(14)20)16(22)19-13-7-5-12(17)6-8-13/h3-9H,2,10-11H2,1H3,(H,19,22). The van der Waals surface area contributed by atoms with E-state index in [9.17, 15) is 4.79 Å². The van der Waals surface area contributed by atoms with E-state index in [1.165, 1.54) is 0 Å². The first-order chi connectivity index (χ1) is 10.7. The molecule has 2 aromatic rings. The zero-order chi connectivity index (χ0) is 15.5. The Kier molecular flexibility index (Phi) is 4.15. The van der Waals surface area contributed by atoms with Crippen LogP contribution in [0.4, 0.5) is 22.0 Å². The first-order valence-corrected chi connectivity index (χ1v) is 7.61. The second-order valence-corrected chi connectivity index (χ2v) is 5.45. The molecule has 0 fully saturated rings. The van der Waals surface area contributed by atoms with Crippen molar-refractivity contribution >= 4 is 34.8 Å². The molecule has 0 radical (unpaired) electrons. The molecule has 114 valence electrons. The molecule has 5 nitrogen and oxygen atoms in total. The molecule has 1 aliphatic heterocycles. The molecule has 0 unspecified atom stereocenters. The first kappa shape index (κ1) is 14.7. The van der Waals surface area contributed by atoms with E-state index in [2.05, 4.69) is 22.1 Å². The van der Waals surface area contributed by atoms with Crippen LogP contribution in [0.5, 0.6) is 0 Å². The molecule has 0 bridgehead atoms. The Hall–Kier alpha value is -2.27. The highest BCUT2D eigenvalue weighted by atomic mass is 35.5. The summed E-state index contributed by atoms with van der Waals surface area (Å²) >= 11 is 5.86. The van der Waals surface area contributed by atoms with Crippen molar-refractivity contribution in [2.45, 2.75) is 6.92 Å². The number of urea groups is 1. The lowest BCUT2D eigenvalue weighted by molar-refractivity contribution is 0.256. The van der Waals surface area contributed by atoms with Gasteiger partial charge in [-0.2, -0.15) is 0 Å². The smallest absolute Gasteiger partial charge is 0.326 e. The van der Waals surface area contributed by atoms with Crippen LogP contribution < -0.4 is 15.1 Å². The van der Waals surface area contributed by atoms with Crippen LogP contribution in [0, 0.1) is 0 Å². The van der Waals surface area contributed by atoms with Crippen molar-refractivity contribution in [3.63, 3.8) is 0 Å². The number of hydrogen-bond donors (Lipinski definition) is 1. The summed E-state index contributed by atoms with van der Waals surface area (Å²) in [6.45, 7) is 4.36. The summed E-state index contributed by atoms with van der Waals surface area (Å²) in [6, 6.07) is 10.7. The quantitative estimate of drug-likeness (QED) is 0.920. The lowest BCUT2D eigenvalue weighted by Crippen LogP contribution is -2.46. The van der Waals surface area contributed by atoms with Crippen LogP contribution in [0.1, 0.15) is 6.92 Å². The second-order valence-electron chi connectivity index (χ2n) is 5.01. The van der Waals surface area contributed by atoms with Crippen molar-refractivity contribution in [2.75, 3.05) is 34.8 Å². The average molecular weight is 317 g/mol. The minimum atomic E-state index is -0.160. The fourth-order valence-corrected chi connectivity index (χ4v) is 2.66. The monoisotopic (exact) mass is 316 g/mol. The van der Waals surface area contributed by atoms with Crippen LogP contribution in [0.3, 0.4) is 0 Å². The van der Waals surface area contributed by atoms with Crippen molar-refractivity contribution in [3.05, 3.63) is 47.6 Å². The fourth-order valence-electron chi connectivity index (χ4n) is 2.53. The molecular formula is C16H17ClN4O. The number of likely N-dealkylation sites (N-methyl/N-ethyl adjacent to an activating group) is 1. The lowest BCUT2D eigenvalue weighted by Gasteiger charge is -2.35. The Morgan fingerprint density at radius 1 is 1.27 bits per heavy atom. The molecule has 0 saturated heterocycles. The van der Waals surface area contributed by atoms with E-state index in [4.69, 9.17) is 11.6 Å². The van der Waals surface area contributed by atoms with Gasteiger partial charge in [0.2, 0.25) is 0 Å². The number of halogens is 1. The predicted molar refractivity (Wildman–Crippen MR) is 89.9 cm³/mol. The number of hydrogen-bond acceptors (Lipinski definition) is 3. The number of nitrogens with one attached hydrogen (secondary N) is 1. The maximum Gasteiger partial charge on any atom is 0.326 e. The van der Waals surface area contributed by atoms with Gasteiger partial charge in [-0.3, -0.25) is 4.90 Å². The highest BCUT2D eigenvalue weighted by Crippen LogP contribution is 2.30.